The van der Waals surface area contributed by atoms with Crippen molar-refractivity contribution in [3.05, 3.63) is 69.8 Å². The van der Waals surface area contributed by atoms with Crippen molar-refractivity contribution in [3.63, 3.8) is 0 Å². The van der Waals surface area contributed by atoms with E-state index in [9.17, 15) is 18.5 Å². The Balaban J connectivity index is 2.01. The minimum absolute atomic E-state index is 0.0146. The zero-order valence-electron chi connectivity index (χ0n) is 25.0. The summed E-state index contributed by atoms with van der Waals surface area (Å²) in [6.07, 6.45) is 2.66. The number of aromatic nitrogens is 3. The van der Waals surface area contributed by atoms with Crippen LogP contribution in [0.2, 0.25) is 0 Å². The number of nitriles is 1. The average Bonchev–Trinajstić information content (AvgIpc) is 2.96. The summed E-state index contributed by atoms with van der Waals surface area (Å²) >= 11 is 0. The van der Waals surface area contributed by atoms with Gasteiger partial charge in [-0.25, -0.2) is 22.2 Å². The van der Waals surface area contributed by atoms with Crippen LogP contribution in [0.4, 0.5) is 14.5 Å². The number of rotatable bonds is 7. The second-order valence-electron chi connectivity index (χ2n) is 11.1. The molecule has 1 saturated heterocycles. The normalized spacial score (nSPS) is 15.5. The Morgan fingerprint density at radius 2 is 1.95 bits per heavy atom. The van der Waals surface area contributed by atoms with Gasteiger partial charge in [0.05, 0.1) is 42.2 Å². The van der Waals surface area contributed by atoms with Crippen molar-refractivity contribution in [3.8, 4) is 28.8 Å². The Morgan fingerprint density at radius 1 is 1.20 bits per heavy atom. The molecule has 44 heavy (non-hydrogen) atoms. The summed E-state index contributed by atoms with van der Waals surface area (Å²) in [5, 5.41) is 12.6. The van der Waals surface area contributed by atoms with E-state index < -0.39 is 37.6 Å². The zero-order valence-corrected chi connectivity index (χ0v) is 25.8. The van der Waals surface area contributed by atoms with E-state index >= 15 is 8.78 Å². The molecule has 0 bridgehead atoms. The number of fused-ring (bicyclic) bond motifs is 1. The smallest absolute Gasteiger partial charge is 0.277 e. The summed E-state index contributed by atoms with van der Waals surface area (Å²) < 4.78 is 64.8. The molecule has 1 fully saturated rings. The van der Waals surface area contributed by atoms with Gasteiger partial charge in [0.25, 0.3) is 5.56 Å². The first-order valence-corrected chi connectivity index (χ1v) is 15.9. The Labute approximate surface area is 253 Å². The van der Waals surface area contributed by atoms with Crippen LogP contribution in [0.5, 0.6) is 5.75 Å². The van der Waals surface area contributed by atoms with E-state index in [0.29, 0.717) is 23.5 Å². The molecule has 0 saturated carbocycles. The molecule has 230 valence electrons. The lowest BCUT2D eigenvalue weighted by atomic mass is 10.0. The number of ether oxygens (including phenoxy) is 1. The van der Waals surface area contributed by atoms with Gasteiger partial charge in [-0.2, -0.15) is 5.26 Å². The van der Waals surface area contributed by atoms with Gasteiger partial charge in [0.1, 0.15) is 17.3 Å². The molecular formula is C31H32F2N6O4S. The molecular weight excluding hydrogens is 590 g/mol. The Hall–Kier alpha value is -4.41. The van der Waals surface area contributed by atoms with Crippen molar-refractivity contribution in [2.24, 2.45) is 0 Å². The van der Waals surface area contributed by atoms with Crippen LogP contribution in [-0.2, 0) is 9.84 Å². The number of hydrogen-bond acceptors (Lipinski definition) is 9. The van der Waals surface area contributed by atoms with E-state index in [2.05, 4.69) is 21.4 Å². The lowest BCUT2D eigenvalue weighted by Gasteiger charge is -2.36. The van der Waals surface area contributed by atoms with Crippen molar-refractivity contribution in [2.45, 2.75) is 44.0 Å². The number of aryl methyl sites for hydroxylation is 1. The van der Waals surface area contributed by atoms with Gasteiger partial charge in [-0.1, -0.05) is 19.9 Å². The van der Waals surface area contributed by atoms with Gasteiger partial charge in [0.2, 0.25) is 0 Å². The van der Waals surface area contributed by atoms with Gasteiger partial charge < -0.3 is 15.0 Å². The molecule has 5 rings (SSSR count). The molecule has 1 atom stereocenters. The number of methoxy groups -OCH3 is 1. The van der Waals surface area contributed by atoms with Gasteiger partial charge in [-0.3, -0.25) is 14.3 Å². The van der Waals surface area contributed by atoms with Crippen LogP contribution >= 0.6 is 0 Å². The summed E-state index contributed by atoms with van der Waals surface area (Å²) in [4.78, 5) is 24.8. The van der Waals surface area contributed by atoms with E-state index in [1.807, 2.05) is 13.8 Å². The lowest BCUT2D eigenvalue weighted by molar-refractivity contribution is 0.413. The SMILES string of the molecule is COc1cccc(F)c1-c1nc2c(cc1F)c(N1CCN[C@@H](CC#N)C1)c(S(C)(=O)=O)c(=O)n2-c1c(C)ccnc1C(C)C. The molecule has 0 aliphatic carbocycles. The first-order chi connectivity index (χ1) is 20.9. The number of nitrogens with one attached hydrogen (secondary N) is 1. The van der Waals surface area contributed by atoms with Crippen LogP contribution in [0.15, 0.2) is 46.2 Å². The fraction of sp³-hybridized carbons (Fsp3) is 0.355. The first kappa shape index (κ1) is 31.0. The summed E-state index contributed by atoms with van der Waals surface area (Å²) in [7, 11) is -2.90. The highest BCUT2D eigenvalue weighted by Crippen LogP contribution is 2.39. The molecule has 1 aliphatic rings. The first-order valence-electron chi connectivity index (χ1n) is 14.0. The summed E-state index contributed by atoms with van der Waals surface area (Å²) in [5.41, 5.74) is -0.234. The van der Waals surface area contributed by atoms with Gasteiger partial charge >= 0.3 is 0 Å². The molecule has 4 aromatic rings. The maximum atomic E-state index is 16.2. The maximum Gasteiger partial charge on any atom is 0.277 e. The van der Waals surface area contributed by atoms with Crippen LogP contribution < -0.4 is 20.5 Å². The number of pyridine rings is 3. The topological polar surface area (TPSA) is 130 Å². The van der Waals surface area contributed by atoms with Crippen molar-refractivity contribution >= 4 is 26.6 Å². The minimum Gasteiger partial charge on any atom is -0.496 e. The Morgan fingerprint density at radius 3 is 2.61 bits per heavy atom. The predicted molar refractivity (Wildman–Crippen MR) is 163 cm³/mol. The molecule has 0 amide bonds. The van der Waals surface area contributed by atoms with Crippen LogP contribution in [0.25, 0.3) is 28.0 Å². The van der Waals surface area contributed by atoms with Gasteiger partial charge in [0, 0.05) is 43.5 Å². The highest BCUT2D eigenvalue weighted by atomic mass is 32.2. The number of hydrogen-bond donors (Lipinski definition) is 1. The van der Waals surface area contributed by atoms with E-state index in [1.165, 1.54) is 19.2 Å². The molecule has 1 N–H and O–H groups in total. The summed E-state index contributed by atoms with van der Waals surface area (Å²) in [5.74, 6) is -1.90. The fourth-order valence-electron chi connectivity index (χ4n) is 5.74. The third-order valence-electron chi connectivity index (χ3n) is 7.67. The van der Waals surface area contributed by atoms with E-state index in [-0.39, 0.29) is 59.5 Å². The predicted octanol–water partition coefficient (Wildman–Crippen LogP) is 4.26. The molecule has 0 unspecified atom stereocenters. The molecule has 0 spiro atoms. The van der Waals surface area contributed by atoms with E-state index in [0.717, 1.165) is 23.0 Å². The standard InChI is InChI=1S/C31H32F2N6O4S/c1-17(2)25-27(18(3)10-12-36-25)39-30-20(15-22(33)26(37-30)24-21(32)7-6-8-23(24)43-4)28(29(31(39)40)44(5,41)42)38-14-13-35-19(16-38)9-11-34/h6-8,10,12,15,17,19,35H,9,13-14,16H2,1-5H3/t19-/m0/s1. The van der Waals surface area contributed by atoms with Crippen molar-refractivity contribution in [2.75, 3.05) is 37.9 Å². The molecule has 3 aromatic heterocycles. The van der Waals surface area contributed by atoms with Crippen LogP contribution in [0, 0.1) is 29.9 Å². The Bertz CT molecular complexity index is 1990. The van der Waals surface area contributed by atoms with Gasteiger partial charge in [-0.05, 0) is 42.7 Å². The number of piperazine rings is 1. The summed E-state index contributed by atoms with van der Waals surface area (Å²) in [6.45, 7) is 6.35. The van der Waals surface area contributed by atoms with Crippen LogP contribution in [-0.4, -0.2) is 62.0 Å². The second-order valence-corrected chi connectivity index (χ2v) is 13.0. The molecule has 4 heterocycles. The monoisotopic (exact) mass is 622 g/mol. The molecule has 10 nitrogen and oxygen atoms in total. The second kappa shape index (κ2) is 11.9. The quantitative estimate of drug-likeness (QED) is 0.321. The lowest BCUT2D eigenvalue weighted by Crippen LogP contribution is -2.51. The summed E-state index contributed by atoms with van der Waals surface area (Å²) in [6, 6.07) is 8.58. The maximum absolute atomic E-state index is 16.2. The van der Waals surface area contributed by atoms with Crippen molar-refractivity contribution in [1.29, 1.82) is 5.26 Å². The zero-order chi connectivity index (χ0) is 31.9. The van der Waals surface area contributed by atoms with Crippen molar-refractivity contribution < 1.29 is 21.9 Å². The van der Waals surface area contributed by atoms with Crippen LogP contribution in [0.3, 0.4) is 0 Å². The number of nitrogens with zero attached hydrogens (tertiary/aromatic N) is 5. The molecule has 1 aromatic carbocycles. The number of benzene rings is 1. The number of anilines is 1. The van der Waals surface area contributed by atoms with Gasteiger partial charge in [-0.15, -0.1) is 0 Å². The third-order valence-corrected chi connectivity index (χ3v) is 8.78. The van der Waals surface area contributed by atoms with Crippen LogP contribution in [0.1, 0.15) is 37.4 Å². The molecule has 13 heteroatoms. The Kier molecular flexibility index (Phi) is 8.42. The highest BCUT2D eigenvalue weighted by molar-refractivity contribution is 7.90. The number of halogens is 2. The van der Waals surface area contributed by atoms with Crippen molar-refractivity contribution in [1.82, 2.24) is 19.9 Å². The minimum atomic E-state index is -4.21. The third kappa shape index (κ3) is 5.39. The molecule has 0 radical (unpaired) electrons. The average molecular weight is 623 g/mol. The van der Waals surface area contributed by atoms with E-state index in [4.69, 9.17) is 4.74 Å². The molecule has 1 aliphatic heterocycles. The fourth-order valence-corrected chi connectivity index (χ4v) is 6.74. The van der Waals surface area contributed by atoms with Gasteiger partial charge in [0.15, 0.2) is 26.2 Å². The number of sulfone groups is 1. The highest BCUT2D eigenvalue weighted by Gasteiger charge is 2.33. The largest absolute Gasteiger partial charge is 0.496 e. The van der Waals surface area contributed by atoms with E-state index in [1.54, 1.807) is 24.1 Å².